The molecule has 1 aromatic carbocycles. The highest BCUT2D eigenvalue weighted by Gasteiger charge is 2.30. The fraction of sp³-hybridized carbons (Fsp3) is 0.440. The van der Waals surface area contributed by atoms with E-state index in [1.807, 2.05) is 20.8 Å². The van der Waals surface area contributed by atoms with Gasteiger partial charge in [-0.25, -0.2) is 4.79 Å². The number of carbonyl (C=O) groups excluding carboxylic acids is 4. The molecule has 0 saturated carbocycles. The molecule has 0 saturated heterocycles. The molecule has 0 heterocycles. The molecular weight excluding hydrogens is 444 g/mol. The second kappa shape index (κ2) is 11.8. The Morgan fingerprint density at radius 1 is 0.939 bits per heavy atom. The van der Waals surface area contributed by atoms with Gasteiger partial charge in [-0.3, -0.25) is 14.4 Å². The molecule has 1 aliphatic rings. The van der Waals surface area contributed by atoms with Crippen LogP contribution in [0.3, 0.4) is 0 Å². The quantitative estimate of drug-likeness (QED) is 0.398. The second-order valence-corrected chi connectivity index (χ2v) is 9.24. The van der Waals surface area contributed by atoms with Gasteiger partial charge in [-0.05, 0) is 46.6 Å². The van der Waals surface area contributed by atoms with Crippen LogP contribution in [0.5, 0.6) is 0 Å². The molecule has 0 bridgehead atoms. The van der Waals surface area contributed by atoms with E-state index in [2.05, 4.69) is 10.6 Å². The molecule has 2 amide bonds. The number of Topliss-reactive ketones (excluding diaryl/α,β-unsaturated/α-hetero) is 2. The minimum absolute atomic E-state index is 0.0329. The van der Waals surface area contributed by atoms with E-state index in [-0.39, 0.29) is 33.4 Å². The van der Waals surface area contributed by atoms with Crippen LogP contribution in [0.15, 0.2) is 46.5 Å². The summed E-state index contributed by atoms with van der Waals surface area (Å²) in [6.07, 6.45) is 4.33. The Labute approximate surface area is 199 Å². The number of rotatable bonds is 9. The third kappa shape index (κ3) is 7.86. The van der Waals surface area contributed by atoms with E-state index in [9.17, 15) is 19.2 Å². The first-order valence-corrected chi connectivity index (χ1v) is 11.4. The van der Waals surface area contributed by atoms with Crippen LogP contribution in [0.4, 0.5) is 4.79 Å². The van der Waals surface area contributed by atoms with E-state index in [4.69, 9.17) is 16.3 Å². The van der Waals surface area contributed by atoms with Crippen molar-refractivity contribution < 1.29 is 23.9 Å². The summed E-state index contributed by atoms with van der Waals surface area (Å²) in [6, 6.07) is 6.49. The maximum Gasteiger partial charge on any atom is 0.407 e. The second-order valence-electron chi connectivity index (χ2n) is 8.86. The molecule has 1 aliphatic carbocycles. The zero-order chi connectivity index (χ0) is 24.6. The van der Waals surface area contributed by atoms with Crippen LogP contribution in [0, 0.1) is 0 Å². The van der Waals surface area contributed by atoms with Gasteiger partial charge in [0.25, 0.3) is 0 Å². The largest absolute Gasteiger partial charge is 0.444 e. The Kier molecular flexibility index (Phi) is 9.41. The number of fused-ring (bicyclic) bond motifs is 1. The third-order valence-electron chi connectivity index (χ3n) is 4.87. The maximum atomic E-state index is 12.7. The molecule has 2 rings (SSSR count). The topological polar surface area (TPSA) is 102 Å². The average molecular weight is 475 g/mol. The molecule has 0 spiro atoms. The number of amides is 2. The number of hydrogen-bond acceptors (Lipinski definition) is 5. The highest BCUT2D eigenvalue weighted by molar-refractivity contribution is 6.50. The predicted octanol–water partition coefficient (Wildman–Crippen LogP) is 4.71. The summed E-state index contributed by atoms with van der Waals surface area (Å²) in [5.41, 5.74) is 0.373. The van der Waals surface area contributed by atoms with Crippen LogP contribution in [0.1, 0.15) is 74.1 Å². The zero-order valence-corrected chi connectivity index (χ0v) is 20.3. The number of alkyl carbamates (subject to hydrolysis) is 1. The number of allylic oxidation sites excluding steroid dienone is 3. The van der Waals surface area contributed by atoms with Gasteiger partial charge in [0.05, 0.1) is 5.03 Å². The summed E-state index contributed by atoms with van der Waals surface area (Å²) in [7, 11) is 0. The van der Waals surface area contributed by atoms with E-state index < -0.39 is 17.5 Å². The number of benzene rings is 1. The SMILES string of the molecule is CC(=CC1=C(Cl)C(=O)c2ccccc2C1=O)C(=O)NCCCCCCNC(=O)OC(C)(C)C. The summed E-state index contributed by atoms with van der Waals surface area (Å²) in [4.78, 5) is 49.1. The lowest BCUT2D eigenvalue weighted by atomic mass is 9.88. The van der Waals surface area contributed by atoms with Gasteiger partial charge < -0.3 is 15.4 Å². The highest BCUT2D eigenvalue weighted by atomic mass is 35.5. The molecule has 0 atom stereocenters. The van der Waals surface area contributed by atoms with Crippen molar-refractivity contribution in [3.05, 3.63) is 57.6 Å². The molecular formula is C25H31ClN2O5. The fourth-order valence-corrected chi connectivity index (χ4v) is 3.47. The van der Waals surface area contributed by atoms with Crippen LogP contribution in [0.25, 0.3) is 0 Å². The first kappa shape index (κ1) is 26.3. The lowest BCUT2D eigenvalue weighted by Gasteiger charge is -2.19. The van der Waals surface area contributed by atoms with Crippen molar-refractivity contribution in [2.75, 3.05) is 13.1 Å². The molecule has 0 fully saturated rings. The summed E-state index contributed by atoms with van der Waals surface area (Å²) >= 11 is 6.14. The van der Waals surface area contributed by atoms with Crippen molar-refractivity contribution in [1.29, 1.82) is 0 Å². The molecule has 0 unspecified atom stereocenters. The minimum Gasteiger partial charge on any atom is -0.444 e. The highest BCUT2D eigenvalue weighted by Crippen LogP contribution is 2.29. The summed E-state index contributed by atoms with van der Waals surface area (Å²) in [6.45, 7) is 8.03. The van der Waals surface area contributed by atoms with Crippen molar-refractivity contribution in [3.63, 3.8) is 0 Å². The van der Waals surface area contributed by atoms with E-state index in [0.29, 0.717) is 18.7 Å². The minimum atomic E-state index is -0.513. The summed E-state index contributed by atoms with van der Waals surface area (Å²) < 4.78 is 5.17. The number of carbonyl (C=O) groups is 4. The van der Waals surface area contributed by atoms with Crippen LogP contribution in [-0.4, -0.2) is 42.3 Å². The zero-order valence-electron chi connectivity index (χ0n) is 19.5. The number of ether oxygens (including phenoxy) is 1. The Morgan fingerprint density at radius 3 is 2.06 bits per heavy atom. The Hall–Kier alpha value is -2.93. The number of unbranched alkanes of at least 4 members (excludes halogenated alkanes) is 3. The lowest BCUT2D eigenvalue weighted by Crippen LogP contribution is -2.33. The van der Waals surface area contributed by atoms with Gasteiger partial charge in [0.2, 0.25) is 11.7 Å². The van der Waals surface area contributed by atoms with E-state index in [1.54, 1.807) is 31.2 Å². The number of nitrogens with one attached hydrogen (secondary N) is 2. The van der Waals surface area contributed by atoms with Gasteiger partial charge >= 0.3 is 6.09 Å². The Bertz CT molecular complexity index is 989. The molecule has 33 heavy (non-hydrogen) atoms. The van der Waals surface area contributed by atoms with Crippen LogP contribution < -0.4 is 10.6 Å². The van der Waals surface area contributed by atoms with Crippen molar-refractivity contribution in [3.8, 4) is 0 Å². The molecule has 0 aliphatic heterocycles. The van der Waals surface area contributed by atoms with Crippen molar-refractivity contribution in [2.24, 2.45) is 0 Å². The smallest absolute Gasteiger partial charge is 0.407 e. The van der Waals surface area contributed by atoms with Gasteiger partial charge in [0.1, 0.15) is 5.60 Å². The molecule has 2 N–H and O–H groups in total. The normalized spacial score (nSPS) is 14.2. The molecule has 0 radical (unpaired) electrons. The Balaban J connectivity index is 1.74. The molecule has 1 aromatic rings. The number of hydrogen-bond donors (Lipinski definition) is 2. The molecule has 7 nitrogen and oxygen atoms in total. The third-order valence-corrected chi connectivity index (χ3v) is 5.25. The Morgan fingerprint density at radius 2 is 1.48 bits per heavy atom. The first-order chi connectivity index (χ1) is 15.5. The monoisotopic (exact) mass is 474 g/mol. The lowest BCUT2D eigenvalue weighted by molar-refractivity contribution is -0.117. The van der Waals surface area contributed by atoms with Gasteiger partial charge in [-0.1, -0.05) is 48.7 Å². The van der Waals surface area contributed by atoms with Crippen LogP contribution >= 0.6 is 11.6 Å². The molecule has 0 aromatic heterocycles. The first-order valence-electron chi connectivity index (χ1n) is 11.0. The fourth-order valence-electron chi connectivity index (χ4n) is 3.22. The van der Waals surface area contributed by atoms with Crippen molar-refractivity contribution in [1.82, 2.24) is 10.6 Å². The van der Waals surface area contributed by atoms with Gasteiger partial charge in [-0.2, -0.15) is 0 Å². The van der Waals surface area contributed by atoms with Crippen molar-refractivity contribution in [2.45, 2.75) is 59.0 Å². The predicted molar refractivity (Wildman–Crippen MR) is 127 cm³/mol. The van der Waals surface area contributed by atoms with Gasteiger partial charge in [-0.15, -0.1) is 0 Å². The van der Waals surface area contributed by atoms with E-state index in [1.165, 1.54) is 6.08 Å². The number of ketones is 2. The van der Waals surface area contributed by atoms with E-state index >= 15 is 0 Å². The molecule has 178 valence electrons. The van der Waals surface area contributed by atoms with Crippen molar-refractivity contribution >= 4 is 35.2 Å². The summed E-state index contributed by atoms with van der Waals surface area (Å²) in [5.74, 6) is -1.12. The van der Waals surface area contributed by atoms with Crippen LogP contribution in [0.2, 0.25) is 0 Å². The van der Waals surface area contributed by atoms with E-state index in [0.717, 1.165) is 25.7 Å². The summed E-state index contributed by atoms with van der Waals surface area (Å²) in [5, 5.41) is 5.35. The standard InChI is InChI=1S/C25H31ClN2O5/c1-16(15-19-20(26)22(30)18-12-8-7-11-17(18)21(19)29)23(31)27-13-9-5-6-10-14-28-24(32)33-25(2,3)4/h7-8,11-12,15H,5-6,9-10,13-14H2,1-4H3,(H,27,31)(H,28,32). The van der Waals surface area contributed by atoms with Crippen LogP contribution in [-0.2, 0) is 9.53 Å². The molecule has 8 heteroatoms. The maximum absolute atomic E-state index is 12.7. The average Bonchev–Trinajstić information content (AvgIpc) is 2.75. The number of halogens is 1. The van der Waals surface area contributed by atoms with Gasteiger partial charge in [0.15, 0.2) is 5.78 Å². The van der Waals surface area contributed by atoms with Gasteiger partial charge in [0, 0.05) is 35.4 Å².